The van der Waals surface area contributed by atoms with Gasteiger partial charge in [0.1, 0.15) is 0 Å². The lowest BCUT2D eigenvalue weighted by molar-refractivity contribution is -0.186. The minimum Gasteiger partial charge on any atom is -0.391 e. The van der Waals surface area contributed by atoms with Crippen LogP contribution in [0.25, 0.3) is 0 Å². The SMILES string of the molecule is C[C@@]1(CO)OC[C@H](n2cc(F)c(N)nc2=O)O1. The lowest BCUT2D eigenvalue weighted by atomic mass is 10.4. The summed E-state index contributed by atoms with van der Waals surface area (Å²) < 4.78 is 24.6. The third-order valence-corrected chi connectivity index (χ3v) is 2.45. The first-order valence-corrected chi connectivity index (χ1v) is 4.92. The molecule has 1 saturated heterocycles. The molecule has 3 N–H and O–H groups in total. The molecule has 17 heavy (non-hydrogen) atoms. The summed E-state index contributed by atoms with van der Waals surface area (Å²) in [5.74, 6) is -2.47. The smallest absolute Gasteiger partial charge is 0.351 e. The quantitative estimate of drug-likeness (QED) is 0.709. The lowest BCUT2D eigenvalue weighted by Crippen LogP contribution is -2.33. The normalized spacial score (nSPS) is 28.5. The second-order valence-corrected chi connectivity index (χ2v) is 3.84. The van der Waals surface area contributed by atoms with Crippen LogP contribution in [0.15, 0.2) is 11.0 Å². The Labute approximate surface area is 95.6 Å². The number of halogens is 1. The van der Waals surface area contributed by atoms with Crippen LogP contribution in [0.1, 0.15) is 13.2 Å². The van der Waals surface area contributed by atoms with E-state index in [-0.39, 0.29) is 13.2 Å². The van der Waals surface area contributed by atoms with E-state index in [9.17, 15) is 9.18 Å². The summed E-state index contributed by atoms with van der Waals surface area (Å²) >= 11 is 0. The molecule has 1 fully saturated rings. The Bertz CT molecular complexity index is 492. The Balaban J connectivity index is 2.31. The highest BCUT2D eigenvalue weighted by atomic mass is 19.1. The monoisotopic (exact) mass is 245 g/mol. The lowest BCUT2D eigenvalue weighted by Gasteiger charge is -2.20. The molecule has 2 rings (SSSR count). The number of nitrogen functional groups attached to an aromatic ring is 1. The van der Waals surface area contributed by atoms with Gasteiger partial charge in [-0.1, -0.05) is 0 Å². The van der Waals surface area contributed by atoms with Crippen LogP contribution in [0.5, 0.6) is 0 Å². The molecule has 0 bridgehead atoms. The highest BCUT2D eigenvalue weighted by molar-refractivity contribution is 5.26. The standard InChI is InChI=1S/C9H12FN3O4/c1-9(4-14)16-3-6(17-9)13-2-5(10)7(11)12-8(13)15/h2,6,14H,3-4H2,1H3,(H2,11,12,15)/t6-,9-/m1/s1. The van der Waals surface area contributed by atoms with E-state index in [1.807, 2.05) is 0 Å². The predicted octanol–water partition coefficient (Wildman–Crippen LogP) is -0.782. The van der Waals surface area contributed by atoms with Crippen LogP contribution in [-0.2, 0) is 9.47 Å². The van der Waals surface area contributed by atoms with Crippen molar-refractivity contribution in [2.24, 2.45) is 0 Å². The molecule has 1 aliphatic heterocycles. The maximum absolute atomic E-state index is 13.2. The van der Waals surface area contributed by atoms with Crippen molar-refractivity contribution in [2.75, 3.05) is 18.9 Å². The fourth-order valence-electron chi connectivity index (χ4n) is 1.49. The van der Waals surface area contributed by atoms with Crippen molar-refractivity contribution in [3.63, 3.8) is 0 Å². The fraction of sp³-hybridized carbons (Fsp3) is 0.556. The van der Waals surface area contributed by atoms with Crippen LogP contribution in [0.4, 0.5) is 10.2 Å². The topological polar surface area (TPSA) is 99.6 Å². The zero-order chi connectivity index (χ0) is 12.6. The van der Waals surface area contributed by atoms with Crippen molar-refractivity contribution >= 4 is 5.82 Å². The molecule has 0 radical (unpaired) electrons. The van der Waals surface area contributed by atoms with Gasteiger partial charge in [0.15, 0.2) is 23.7 Å². The molecule has 0 unspecified atom stereocenters. The first kappa shape index (κ1) is 12.0. The number of aliphatic hydroxyl groups excluding tert-OH is 1. The van der Waals surface area contributed by atoms with Crippen LogP contribution in [-0.4, -0.2) is 33.7 Å². The molecule has 0 aromatic carbocycles. The van der Waals surface area contributed by atoms with E-state index in [0.717, 1.165) is 10.8 Å². The maximum Gasteiger partial charge on any atom is 0.351 e. The van der Waals surface area contributed by atoms with Gasteiger partial charge in [0, 0.05) is 0 Å². The van der Waals surface area contributed by atoms with Crippen LogP contribution in [0.3, 0.4) is 0 Å². The van der Waals surface area contributed by atoms with E-state index >= 15 is 0 Å². The number of aromatic nitrogens is 2. The van der Waals surface area contributed by atoms with Crippen LogP contribution >= 0.6 is 0 Å². The van der Waals surface area contributed by atoms with E-state index in [4.69, 9.17) is 20.3 Å². The zero-order valence-electron chi connectivity index (χ0n) is 9.09. The molecule has 0 aliphatic carbocycles. The maximum atomic E-state index is 13.2. The van der Waals surface area contributed by atoms with Gasteiger partial charge in [0.2, 0.25) is 0 Å². The Kier molecular flexibility index (Phi) is 2.86. The highest BCUT2D eigenvalue weighted by Crippen LogP contribution is 2.28. The summed E-state index contributed by atoms with van der Waals surface area (Å²) in [7, 11) is 0. The van der Waals surface area contributed by atoms with Crippen LogP contribution in [0.2, 0.25) is 0 Å². The van der Waals surface area contributed by atoms with E-state index in [1.165, 1.54) is 6.92 Å². The Hall–Kier alpha value is -1.51. The van der Waals surface area contributed by atoms with Crippen LogP contribution in [0, 0.1) is 5.82 Å². The van der Waals surface area contributed by atoms with Crippen molar-refractivity contribution in [3.05, 3.63) is 22.5 Å². The first-order valence-electron chi connectivity index (χ1n) is 4.92. The molecule has 8 heteroatoms. The third kappa shape index (κ3) is 2.14. The van der Waals surface area contributed by atoms with E-state index < -0.39 is 29.3 Å². The Morgan fingerprint density at radius 1 is 1.82 bits per heavy atom. The van der Waals surface area contributed by atoms with Gasteiger partial charge in [-0.05, 0) is 6.92 Å². The summed E-state index contributed by atoms with van der Waals surface area (Å²) in [4.78, 5) is 14.8. The predicted molar refractivity (Wildman–Crippen MR) is 54.4 cm³/mol. The number of nitrogens with two attached hydrogens (primary N) is 1. The molecule has 2 heterocycles. The fourth-order valence-corrected chi connectivity index (χ4v) is 1.49. The molecule has 1 aromatic rings. The number of ether oxygens (including phenoxy) is 2. The molecule has 7 nitrogen and oxygen atoms in total. The number of rotatable bonds is 2. The number of nitrogens with zero attached hydrogens (tertiary/aromatic N) is 2. The molecule has 0 amide bonds. The Morgan fingerprint density at radius 2 is 2.53 bits per heavy atom. The van der Waals surface area contributed by atoms with Gasteiger partial charge >= 0.3 is 5.69 Å². The second-order valence-electron chi connectivity index (χ2n) is 3.84. The molecule has 2 atom stereocenters. The van der Waals surface area contributed by atoms with Gasteiger partial charge in [-0.3, -0.25) is 4.57 Å². The summed E-state index contributed by atoms with van der Waals surface area (Å²) in [5.41, 5.74) is 4.42. The molecular formula is C9H12FN3O4. The highest BCUT2D eigenvalue weighted by Gasteiger charge is 2.38. The molecule has 0 saturated carbocycles. The number of hydrogen-bond donors (Lipinski definition) is 2. The van der Waals surface area contributed by atoms with E-state index in [1.54, 1.807) is 0 Å². The number of anilines is 1. The van der Waals surface area contributed by atoms with E-state index in [2.05, 4.69) is 4.98 Å². The summed E-state index contributed by atoms with van der Waals surface area (Å²) in [6.07, 6.45) is 0.0733. The Morgan fingerprint density at radius 3 is 3.12 bits per heavy atom. The van der Waals surface area contributed by atoms with Crippen molar-refractivity contribution in [3.8, 4) is 0 Å². The molecular weight excluding hydrogens is 233 g/mol. The molecule has 1 aliphatic rings. The molecule has 94 valence electrons. The average Bonchev–Trinajstić information content (AvgIpc) is 2.67. The van der Waals surface area contributed by atoms with Gasteiger partial charge in [-0.25, -0.2) is 9.18 Å². The van der Waals surface area contributed by atoms with Crippen molar-refractivity contribution in [1.82, 2.24) is 9.55 Å². The van der Waals surface area contributed by atoms with Gasteiger partial charge < -0.3 is 20.3 Å². The summed E-state index contributed by atoms with van der Waals surface area (Å²) in [6, 6.07) is 0. The van der Waals surface area contributed by atoms with Crippen molar-refractivity contribution < 1.29 is 19.0 Å². The second kappa shape index (κ2) is 4.06. The minimum atomic E-state index is -1.19. The van der Waals surface area contributed by atoms with Gasteiger partial charge in [-0.2, -0.15) is 4.98 Å². The first-order chi connectivity index (χ1) is 7.95. The summed E-state index contributed by atoms with van der Waals surface area (Å²) in [5, 5.41) is 9.01. The minimum absolute atomic E-state index is 0.0159. The van der Waals surface area contributed by atoms with Crippen LogP contribution < -0.4 is 11.4 Å². The number of hydrogen-bond acceptors (Lipinski definition) is 6. The van der Waals surface area contributed by atoms with E-state index in [0.29, 0.717) is 0 Å². The van der Waals surface area contributed by atoms with Crippen molar-refractivity contribution in [2.45, 2.75) is 18.9 Å². The zero-order valence-corrected chi connectivity index (χ0v) is 9.09. The number of aliphatic hydroxyl groups is 1. The average molecular weight is 245 g/mol. The third-order valence-electron chi connectivity index (χ3n) is 2.45. The molecule has 1 aromatic heterocycles. The van der Waals surface area contributed by atoms with Crippen molar-refractivity contribution in [1.29, 1.82) is 0 Å². The van der Waals surface area contributed by atoms with Gasteiger partial charge in [0.05, 0.1) is 19.4 Å². The van der Waals surface area contributed by atoms with Gasteiger partial charge in [0.25, 0.3) is 0 Å². The largest absolute Gasteiger partial charge is 0.391 e. The van der Waals surface area contributed by atoms with Gasteiger partial charge in [-0.15, -0.1) is 0 Å². The molecule has 0 spiro atoms. The summed E-state index contributed by atoms with van der Waals surface area (Å²) in [6.45, 7) is 1.16.